The lowest BCUT2D eigenvalue weighted by Gasteiger charge is -2.19. The summed E-state index contributed by atoms with van der Waals surface area (Å²) in [5.74, 6) is -5.22. The molecule has 0 radical (unpaired) electrons. The maximum atomic E-state index is 12.5. The van der Waals surface area contributed by atoms with Crippen LogP contribution in [0.15, 0.2) is 18.3 Å². The van der Waals surface area contributed by atoms with Crippen molar-refractivity contribution in [2.24, 2.45) is 0 Å². The second kappa shape index (κ2) is 4.53. The van der Waals surface area contributed by atoms with Crippen LogP contribution in [-0.2, 0) is 0 Å². The lowest BCUT2D eigenvalue weighted by atomic mass is 10.3. The summed E-state index contributed by atoms with van der Waals surface area (Å²) in [4.78, 5) is 3.50. The molecule has 17 heavy (non-hydrogen) atoms. The summed E-state index contributed by atoms with van der Waals surface area (Å²) in [6, 6.07) is 3.64. The van der Waals surface area contributed by atoms with Crippen molar-refractivity contribution < 1.29 is 26.7 Å². The first-order valence-electron chi connectivity index (χ1n) is 4.20. The highest BCUT2D eigenvalue weighted by Gasteiger charge is 2.58. The van der Waals surface area contributed by atoms with Crippen molar-refractivity contribution in [1.82, 2.24) is 4.98 Å². The summed E-state index contributed by atoms with van der Waals surface area (Å²) in [5, 5.41) is 8.42. The molecule has 1 heterocycles. The highest BCUT2D eigenvalue weighted by atomic mass is 19.4. The van der Waals surface area contributed by atoms with E-state index >= 15 is 0 Å². The van der Waals surface area contributed by atoms with Gasteiger partial charge in [0.2, 0.25) is 0 Å². The smallest absolute Gasteiger partial charge is 0.456 e. The summed E-state index contributed by atoms with van der Waals surface area (Å²) in [6.45, 7) is -1.84. The van der Waals surface area contributed by atoms with E-state index in [1.165, 1.54) is 0 Å². The van der Waals surface area contributed by atoms with Crippen LogP contribution in [0, 0.1) is 11.3 Å². The fraction of sp³-hybridized carbons (Fsp3) is 0.333. The third-order valence-corrected chi connectivity index (χ3v) is 1.68. The van der Waals surface area contributed by atoms with Crippen molar-refractivity contribution in [2.45, 2.75) is 12.1 Å². The lowest BCUT2D eigenvalue weighted by Crippen LogP contribution is -2.41. The summed E-state index contributed by atoms with van der Waals surface area (Å²) in [7, 11) is 0. The second-order valence-electron chi connectivity index (χ2n) is 2.98. The van der Waals surface area contributed by atoms with Crippen molar-refractivity contribution >= 4 is 0 Å². The van der Waals surface area contributed by atoms with Crippen molar-refractivity contribution in [2.75, 3.05) is 6.61 Å². The molecule has 0 unspecified atom stereocenters. The molecule has 0 aromatic carbocycles. The summed E-state index contributed by atoms with van der Waals surface area (Å²) >= 11 is 0. The van der Waals surface area contributed by atoms with Gasteiger partial charge in [0, 0.05) is 12.3 Å². The van der Waals surface area contributed by atoms with E-state index in [0.29, 0.717) is 0 Å². The molecule has 1 aromatic rings. The predicted octanol–water partition coefficient (Wildman–Crippen LogP) is 2.53. The lowest BCUT2D eigenvalue weighted by molar-refractivity contribution is -0.290. The first kappa shape index (κ1) is 13.2. The number of halogens is 5. The van der Waals surface area contributed by atoms with E-state index < -0.39 is 18.7 Å². The van der Waals surface area contributed by atoms with Crippen LogP contribution < -0.4 is 4.74 Å². The highest BCUT2D eigenvalue weighted by molar-refractivity contribution is 5.29. The number of ether oxygens (including phenoxy) is 1. The van der Waals surface area contributed by atoms with Gasteiger partial charge < -0.3 is 4.74 Å². The number of hydrogen-bond acceptors (Lipinski definition) is 3. The highest BCUT2D eigenvalue weighted by Crippen LogP contribution is 2.35. The van der Waals surface area contributed by atoms with E-state index in [-0.39, 0.29) is 11.4 Å². The van der Waals surface area contributed by atoms with Crippen LogP contribution in [0.3, 0.4) is 0 Å². The maximum Gasteiger partial charge on any atom is 0.456 e. The molecule has 8 heteroatoms. The molecule has 0 fully saturated rings. The third kappa shape index (κ3) is 3.27. The number of alkyl halides is 5. The zero-order chi connectivity index (χ0) is 13.1. The number of hydrogen-bond donors (Lipinski definition) is 0. The van der Waals surface area contributed by atoms with Crippen LogP contribution in [0.4, 0.5) is 22.0 Å². The Hall–Kier alpha value is -1.91. The van der Waals surface area contributed by atoms with Crippen LogP contribution in [0.1, 0.15) is 5.69 Å². The van der Waals surface area contributed by atoms with Gasteiger partial charge in [-0.25, -0.2) is 4.98 Å². The molecule has 0 aliphatic rings. The molecule has 0 atom stereocenters. The zero-order valence-corrected chi connectivity index (χ0v) is 8.13. The molecular weight excluding hydrogens is 247 g/mol. The standard InChI is InChI=1S/C9H5F5N2O/c10-8(11,9(12,13)14)5-17-7-1-2-16-6(3-7)4-15/h1-3H,5H2. The quantitative estimate of drug-likeness (QED) is 0.776. The number of rotatable bonds is 3. The molecule has 0 N–H and O–H groups in total. The Balaban J connectivity index is 2.71. The second-order valence-corrected chi connectivity index (χ2v) is 2.98. The molecule has 1 rings (SSSR count). The molecule has 0 aliphatic heterocycles. The normalized spacial score (nSPS) is 12.0. The Morgan fingerprint density at radius 1 is 1.29 bits per heavy atom. The first-order valence-corrected chi connectivity index (χ1v) is 4.20. The number of pyridine rings is 1. The number of aromatic nitrogens is 1. The Kier molecular flexibility index (Phi) is 3.50. The number of nitriles is 1. The molecule has 92 valence electrons. The van der Waals surface area contributed by atoms with Gasteiger partial charge in [-0.15, -0.1) is 0 Å². The molecule has 0 bridgehead atoms. The molecule has 0 saturated heterocycles. The SMILES string of the molecule is N#Cc1cc(OCC(F)(F)C(F)(F)F)ccn1. The third-order valence-electron chi connectivity index (χ3n) is 1.68. The molecule has 1 aromatic heterocycles. The van der Waals surface area contributed by atoms with Gasteiger partial charge in [0.1, 0.15) is 17.5 Å². The predicted molar refractivity (Wildman–Crippen MR) is 45.4 cm³/mol. The van der Waals surface area contributed by atoms with E-state index in [2.05, 4.69) is 9.72 Å². The van der Waals surface area contributed by atoms with Gasteiger partial charge in [-0.3, -0.25) is 0 Å². The fourth-order valence-corrected chi connectivity index (χ4v) is 0.818. The fourth-order valence-electron chi connectivity index (χ4n) is 0.818. The van der Waals surface area contributed by atoms with Gasteiger partial charge in [-0.1, -0.05) is 0 Å². The minimum Gasteiger partial charge on any atom is -0.487 e. The summed E-state index contributed by atoms with van der Waals surface area (Å²) in [5.41, 5.74) is -0.141. The Morgan fingerprint density at radius 2 is 1.94 bits per heavy atom. The first-order chi connectivity index (χ1) is 7.76. The maximum absolute atomic E-state index is 12.5. The van der Waals surface area contributed by atoms with Gasteiger partial charge in [0.15, 0.2) is 6.61 Å². The summed E-state index contributed by atoms with van der Waals surface area (Å²) in [6.07, 6.45) is -4.60. The van der Waals surface area contributed by atoms with E-state index in [1.807, 2.05) is 0 Å². The summed E-state index contributed by atoms with van der Waals surface area (Å²) < 4.78 is 64.6. The van der Waals surface area contributed by atoms with Gasteiger partial charge in [0.05, 0.1) is 0 Å². The van der Waals surface area contributed by atoms with Gasteiger partial charge >= 0.3 is 12.1 Å². The molecule has 0 spiro atoms. The van der Waals surface area contributed by atoms with Gasteiger partial charge in [0.25, 0.3) is 0 Å². The van der Waals surface area contributed by atoms with Crippen LogP contribution in [-0.4, -0.2) is 23.7 Å². The Morgan fingerprint density at radius 3 is 2.47 bits per heavy atom. The van der Waals surface area contributed by atoms with Crippen molar-refractivity contribution in [3.63, 3.8) is 0 Å². The van der Waals surface area contributed by atoms with Crippen LogP contribution in [0.2, 0.25) is 0 Å². The largest absolute Gasteiger partial charge is 0.487 e. The minimum atomic E-state index is -5.67. The molecule has 0 saturated carbocycles. The van der Waals surface area contributed by atoms with E-state index in [9.17, 15) is 22.0 Å². The average Bonchev–Trinajstić information content (AvgIpc) is 2.25. The van der Waals surface area contributed by atoms with Crippen LogP contribution in [0.5, 0.6) is 5.75 Å². The van der Waals surface area contributed by atoms with Crippen molar-refractivity contribution in [3.05, 3.63) is 24.0 Å². The van der Waals surface area contributed by atoms with E-state index in [4.69, 9.17) is 5.26 Å². The monoisotopic (exact) mass is 252 g/mol. The van der Waals surface area contributed by atoms with Gasteiger partial charge in [-0.2, -0.15) is 27.2 Å². The zero-order valence-electron chi connectivity index (χ0n) is 8.13. The Labute approximate surface area is 92.4 Å². The molecule has 0 amide bonds. The van der Waals surface area contributed by atoms with Crippen LogP contribution in [0.25, 0.3) is 0 Å². The van der Waals surface area contributed by atoms with Crippen LogP contribution >= 0.6 is 0 Å². The van der Waals surface area contributed by atoms with E-state index in [1.54, 1.807) is 6.07 Å². The minimum absolute atomic E-state index is 0.141. The molecule has 3 nitrogen and oxygen atoms in total. The molecular formula is C9H5F5N2O. The Bertz CT molecular complexity index is 438. The van der Waals surface area contributed by atoms with Crippen molar-refractivity contribution in [3.8, 4) is 11.8 Å². The van der Waals surface area contributed by atoms with Crippen molar-refractivity contribution in [1.29, 1.82) is 5.26 Å². The average molecular weight is 252 g/mol. The molecule has 0 aliphatic carbocycles. The topological polar surface area (TPSA) is 45.9 Å². The van der Waals surface area contributed by atoms with Gasteiger partial charge in [-0.05, 0) is 6.07 Å². The van der Waals surface area contributed by atoms with E-state index in [0.717, 1.165) is 18.3 Å². The number of nitrogens with zero attached hydrogens (tertiary/aromatic N) is 2.